The Labute approximate surface area is 217 Å². The van der Waals surface area contributed by atoms with Crippen molar-refractivity contribution in [3.8, 4) is 0 Å². The molecule has 2 rings (SSSR count). The van der Waals surface area contributed by atoms with Gasteiger partial charge in [0.15, 0.2) is 0 Å². The summed E-state index contributed by atoms with van der Waals surface area (Å²) in [7, 11) is 1.50. The molecule has 0 aliphatic rings. The number of hydrogen-bond acceptors (Lipinski definition) is 3. The maximum atomic E-state index is 13.2. The van der Waals surface area contributed by atoms with Crippen molar-refractivity contribution in [2.45, 2.75) is 73.4 Å². The van der Waals surface area contributed by atoms with Crippen molar-refractivity contribution in [2.75, 3.05) is 7.05 Å². The molecule has 0 amide bonds. The Morgan fingerprint density at radius 3 is 1.92 bits per heavy atom. The van der Waals surface area contributed by atoms with Crippen molar-refractivity contribution in [3.63, 3.8) is 0 Å². The quantitative estimate of drug-likeness (QED) is 0.332. The van der Waals surface area contributed by atoms with Crippen molar-refractivity contribution >= 4 is 5.70 Å². The van der Waals surface area contributed by atoms with E-state index in [1.165, 1.54) is 44.6 Å². The fraction of sp³-hybridized carbons (Fsp3) is 0.400. The van der Waals surface area contributed by atoms with Crippen molar-refractivity contribution < 1.29 is 13.2 Å². The molecule has 0 atom stereocenters. The summed E-state index contributed by atoms with van der Waals surface area (Å²) in [6.45, 7) is 12.3. The summed E-state index contributed by atoms with van der Waals surface area (Å²) in [5, 5.41) is 0. The summed E-state index contributed by atoms with van der Waals surface area (Å²) in [4.78, 5) is 0. The first-order valence-electron chi connectivity index (χ1n) is 12.5. The molecule has 0 aliphatic carbocycles. The van der Waals surface area contributed by atoms with Crippen molar-refractivity contribution in [1.82, 2.24) is 0 Å². The van der Waals surface area contributed by atoms with Crippen molar-refractivity contribution in [3.05, 3.63) is 100 Å². The number of benzene rings is 2. The maximum Gasteiger partial charge on any atom is 0.417 e. The van der Waals surface area contributed by atoms with E-state index in [-0.39, 0.29) is 11.3 Å². The van der Waals surface area contributed by atoms with Crippen LogP contribution in [0.2, 0.25) is 0 Å². The summed E-state index contributed by atoms with van der Waals surface area (Å²) in [6, 6.07) is 13.2. The minimum absolute atomic E-state index is 0.0312. The Balaban J connectivity index is 0. The Morgan fingerprint density at radius 2 is 1.44 bits per heavy atom. The molecule has 0 bridgehead atoms. The molecule has 0 unspecified atom stereocenters. The van der Waals surface area contributed by atoms with Crippen LogP contribution in [0.4, 0.5) is 13.2 Å². The van der Waals surface area contributed by atoms with Crippen LogP contribution >= 0.6 is 0 Å². The first-order chi connectivity index (χ1) is 17.1. The Kier molecular flexibility index (Phi) is 19.8. The van der Waals surface area contributed by atoms with Gasteiger partial charge >= 0.3 is 6.18 Å². The molecule has 36 heavy (non-hydrogen) atoms. The number of nitrogens with two attached hydrogens (primary N) is 3. The van der Waals surface area contributed by atoms with E-state index in [1.54, 1.807) is 18.2 Å². The van der Waals surface area contributed by atoms with Crippen molar-refractivity contribution in [2.24, 2.45) is 17.2 Å². The minimum atomic E-state index is -4.46. The smallest absolute Gasteiger partial charge is 0.405 e. The molecule has 0 radical (unpaired) electrons. The summed E-state index contributed by atoms with van der Waals surface area (Å²) >= 11 is 0. The average molecular weight is 506 g/mol. The largest absolute Gasteiger partial charge is 0.417 e. The zero-order valence-corrected chi connectivity index (χ0v) is 23.0. The number of rotatable bonds is 7. The lowest BCUT2D eigenvalue weighted by Crippen LogP contribution is -2.11. The number of unbranched alkanes of at least 4 members (excludes halogenated alkanes) is 2. The van der Waals surface area contributed by atoms with Gasteiger partial charge in [0.05, 0.1) is 5.56 Å². The second-order valence-corrected chi connectivity index (χ2v) is 7.67. The van der Waals surface area contributed by atoms with E-state index in [4.69, 9.17) is 11.5 Å². The average Bonchev–Trinajstić information content (AvgIpc) is 2.87. The molecule has 0 aromatic heterocycles. The first-order valence-corrected chi connectivity index (χ1v) is 12.5. The van der Waals surface area contributed by atoms with E-state index in [9.17, 15) is 13.2 Å². The van der Waals surface area contributed by atoms with Gasteiger partial charge < -0.3 is 17.2 Å². The highest BCUT2D eigenvalue weighted by molar-refractivity contribution is 5.69. The second kappa shape index (κ2) is 20.2. The van der Waals surface area contributed by atoms with Crippen LogP contribution in [0, 0.1) is 6.92 Å². The van der Waals surface area contributed by atoms with Gasteiger partial charge in [-0.05, 0) is 74.0 Å². The third kappa shape index (κ3) is 13.2. The van der Waals surface area contributed by atoms with Gasteiger partial charge in [0.25, 0.3) is 0 Å². The Bertz CT molecular complexity index is 940. The van der Waals surface area contributed by atoms with E-state index in [2.05, 4.69) is 19.6 Å². The normalized spacial score (nSPS) is 11.8. The molecule has 0 aliphatic heterocycles. The van der Waals surface area contributed by atoms with Gasteiger partial charge in [-0.25, -0.2) is 0 Å². The summed E-state index contributed by atoms with van der Waals surface area (Å²) in [6.07, 6.45) is 4.96. The van der Waals surface area contributed by atoms with E-state index < -0.39 is 11.7 Å². The number of allylic oxidation sites excluding steroid dienone is 4. The fourth-order valence-corrected chi connectivity index (χ4v) is 3.20. The highest BCUT2D eigenvalue weighted by Gasteiger charge is 2.33. The molecule has 6 heteroatoms. The van der Waals surface area contributed by atoms with Gasteiger partial charge in [0, 0.05) is 11.3 Å². The first kappa shape index (κ1) is 35.2. The van der Waals surface area contributed by atoms with Crippen molar-refractivity contribution in [1.29, 1.82) is 0 Å². The lowest BCUT2D eigenvalue weighted by atomic mass is 9.96. The van der Waals surface area contributed by atoms with Gasteiger partial charge in [0.1, 0.15) is 0 Å². The van der Waals surface area contributed by atoms with Crippen LogP contribution in [0.3, 0.4) is 0 Å². The zero-order chi connectivity index (χ0) is 28.1. The number of hydrogen-bond donors (Lipinski definition) is 3. The van der Waals surface area contributed by atoms with E-state index >= 15 is 0 Å². The molecule has 0 saturated carbocycles. The molecule has 0 heterocycles. The van der Waals surface area contributed by atoms with Gasteiger partial charge in [-0.3, -0.25) is 0 Å². The topological polar surface area (TPSA) is 78.1 Å². The molecular weight excluding hydrogens is 459 g/mol. The second-order valence-electron chi connectivity index (χ2n) is 7.67. The maximum absolute atomic E-state index is 13.2. The van der Waals surface area contributed by atoms with Crippen LogP contribution in [0.1, 0.15) is 76.1 Å². The molecule has 0 spiro atoms. The van der Waals surface area contributed by atoms with Crippen LogP contribution in [0.25, 0.3) is 5.70 Å². The fourth-order valence-electron chi connectivity index (χ4n) is 3.20. The molecule has 6 N–H and O–H groups in total. The highest BCUT2D eigenvalue weighted by atomic mass is 19.4. The molecule has 0 saturated heterocycles. The zero-order valence-electron chi connectivity index (χ0n) is 23.0. The van der Waals surface area contributed by atoms with E-state index in [0.29, 0.717) is 6.42 Å². The number of halogens is 3. The van der Waals surface area contributed by atoms with E-state index in [0.717, 1.165) is 28.3 Å². The van der Waals surface area contributed by atoms with E-state index in [1.807, 2.05) is 52.0 Å². The van der Waals surface area contributed by atoms with Crippen LogP contribution < -0.4 is 17.2 Å². The molecular formula is C30H46F3N3. The summed E-state index contributed by atoms with van der Waals surface area (Å²) < 4.78 is 39.7. The highest BCUT2D eigenvalue weighted by Crippen LogP contribution is 2.34. The number of alkyl halides is 3. The Hall–Kier alpha value is -2.99. The van der Waals surface area contributed by atoms with Crippen LogP contribution in [0.15, 0.2) is 78.0 Å². The molecule has 2 aromatic carbocycles. The molecule has 202 valence electrons. The lowest BCUT2D eigenvalue weighted by molar-refractivity contribution is -0.137. The lowest BCUT2D eigenvalue weighted by Gasteiger charge is -2.14. The monoisotopic (exact) mass is 505 g/mol. The SMILES string of the molecule is CC.CC(/C=C(\N)c1ccccc1C(F)(F)F)=C(\C=C/N)Cc1ccccc1C.CCCCC.CN. The van der Waals surface area contributed by atoms with Crippen LogP contribution in [-0.2, 0) is 12.6 Å². The van der Waals surface area contributed by atoms with Gasteiger partial charge in [-0.1, -0.05) is 89.4 Å². The summed E-state index contributed by atoms with van der Waals surface area (Å²) in [5.74, 6) is 0. The molecule has 0 fully saturated rings. The van der Waals surface area contributed by atoms with Gasteiger partial charge in [0.2, 0.25) is 0 Å². The van der Waals surface area contributed by atoms with Crippen LogP contribution in [0.5, 0.6) is 0 Å². The predicted octanol–water partition coefficient (Wildman–Crippen LogP) is 8.14. The molecule has 3 nitrogen and oxygen atoms in total. The van der Waals surface area contributed by atoms with Gasteiger partial charge in [-0.2, -0.15) is 13.2 Å². The molecule has 2 aromatic rings. The van der Waals surface area contributed by atoms with Gasteiger partial charge in [-0.15, -0.1) is 0 Å². The summed E-state index contributed by atoms with van der Waals surface area (Å²) in [5.41, 5.74) is 19.3. The minimum Gasteiger partial charge on any atom is -0.405 e. The third-order valence-corrected chi connectivity index (χ3v) is 5.07. The third-order valence-electron chi connectivity index (χ3n) is 5.07. The predicted molar refractivity (Wildman–Crippen MR) is 151 cm³/mol. The Morgan fingerprint density at radius 1 is 0.917 bits per heavy atom. The van der Waals surface area contributed by atoms with Crippen LogP contribution in [-0.4, -0.2) is 7.05 Å². The number of aryl methyl sites for hydroxylation is 1. The standard InChI is InChI=1S/C22H23F3N2.C5H12.C2H6.CH5N/c1-15-7-3-4-8-17(15)14-18(11-12-26)16(2)13-21(27)19-9-5-6-10-20(19)22(23,24)25;1-3-5-4-2;2*1-2/h3-13H,14,26-27H2,1-2H3;3-5H2,1-2H3;1-2H3;2H2,1H3/b12-11-,18-16-,21-13-;;;.